The Kier molecular flexibility index (Phi) is 19.1. The Hall–Kier alpha value is -1.08. The highest BCUT2D eigenvalue weighted by molar-refractivity contribution is 9.10. The second-order valence-corrected chi connectivity index (χ2v) is 6.59. The van der Waals surface area contributed by atoms with Crippen LogP contribution in [-0.2, 0) is 11.2 Å². The van der Waals surface area contributed by atoms with Gasteiger partial charge in [-0.15, -0.1) is 0 Å². The summed E-state index contributed by atoms with van der Waals surface area (Å²) in [5, 5.41) is 2.98. The molecule has 0 aliphatic heterocycles. The van der Waals surface area contributed by atoms with Crippen LogP contribution in [0.3, 0.4) is 0 Å². The number of para-hydroxylation sites is 1. The first-order valence-electron chi connectivity index (χ1n) is 8.68. The summed E-state index contributed by atoms with van der Waals surface area (Å²) in [7, 11) is 1.74. The van der Waals surface area contributed by atoms with Crippen molar-refractivity contribution in [2.75, 3.05) is 12.4 Å². The second kappa shape index (κ2) is 18.3. The Labute approximate surface area is 181 Å². The third-order valence-corrected chi connectivity index (χ3v) is 3.69. The Bertz CT molecular complexity index is 643. The molecule has 2 aromatic rings. The third kappa shape index (κ3) is 13.7. The van der Waals surface area contributed by atoms with Gasteiger partial charge in [0.1, 0.15) is 5.82 Å². The zero-order chi connectivity index (χ0) is 21.2. The van der Waals surface area contributed by atoms with E-state index < -0.39 is 5.82 Å². The lowest BCUT2D eigenvalue weighted by Crippen LogP contribution is -2.15. The molecular formula is C20H29BrClFN2OS. The standard InChI is InChI=1S/C14H10BrClFNO.C3H8.C2H6.CH5NS/c15-11-6-9(13(17)8-12(11)16)7-14(19)18-10-4-2-1-3-5-10;1-3-2;1-2;1-2-3/h1-6,8H,7H2,(H,18,19);3H2,1-2H3;1-2H3;2-3H,1H3. The number of amides is 1. The van der Waals surface area contributed by atoms with Crippen LogP contribution in [-0.4, -0.2) is 13.0 Å². The molecule has 152 valence electrons. The molecule has 0 aliphatic rings. The highest BCUT2D eigenvalue weighted by Gasteiger charge is 2.11. The smallest absolute Gasteiger partial charge is 0.228 e. The Morgan fingerprint density at radius 3 is 2.15 bits per heavy atom. The van der Waals surface area contributed by atoms with Gasteiger partial charge in [-0.2, -0.15) is 0 Å². The zero-order valence-electron chi connectivity index (χ0n) is 16.4. The van der Waals surface area contributed by atoms with Gasteiger partial charge in [0, 0.05) is 10.2 Å². The number of halogens is 3. The van der Waals surface area contributed by atoms with E-state index in [1.165, 1.54) is 18.6 Å². The van der Waals surface area contributed by atoms with Crippen molar-refractivity contribution in [3.63, 3.8) is 0 Å². The molecule has 2 rings (SSSR count). The number of anilines is 1. The van der Waals surface area contributed by atoms with E-state index in [1.54, 1.807) is 19.2 Å². The molecule has 7 heteroatoms. The average molecular weight is 480 g/mol. The molecule has 1 amide bonds. The van der Waals surface area contributed by atoms with Gasteiger partial charge in [-0.05, 0) is 52.8 Å². The minimum Gasteiger partial charge on any atom is -0.326 e. The number of thiol groups is 1. The highest BCUT2D eigenvalue weighted by atomic mass is 79.9. The first-order chi connectivity index (χ1) is 12.9. The average Bonchev–Trinajstić information content (AvgIpc) is 2.63. The van der Waals surface area contributed by atoms with Gasteiger partial charge >= 0.3 is 0 Å². The van der Waals surface area contributed by atoms with Crippen molar-refractivity contribution in [1.29, 1.82) is 0 Å². The minimum atomic E-state index is -0.489. The second-order valence-electron chi connectivity index (χ2n) is 4.88. The molecule has 27 heavy (non-hydrogen) atoms. The molecule has 0 fully saturated rings. The molecule has 0 aliphatic carbocycles. The summed E-state index contributed by atoms with van der Waals surface area (Å²) in [6, 6.07) is 11.7. The first kappa shape index (κ1) is 28.1. The van der Waals surface area contributed by atoms with E-state index in [4.69, 9.17) is 11.6 Å². The van der Waals surface area contributed by atoms with E-state index >= 15 is 0 Å². The van der Waals surface area contributed by atoms with E-state index in [1.807, 2.05) is 32.0 Å². The molecule has 3 nitrogen and oxygen atoms in total. The van der Waals surface area contributed by atoms with Crippen molar-refractivity contribution < 1.29 is 9.18 Å². The summed E-state index contributed by atoms with van der Waals surface area (Å²) >= 11 is 12.5. The minimum absolute atomic E-state index is 0.0451. The van der Waals surface area contributed by atoms with Crippen LogP contribution in [0.4, 0.5) is 10.1 Å². The molecular weight excluding hydrogens is 451 g/mol. The van der Waals surface area contributed by atoms with E-state index in [-0.39, 0.29) is 17.4 Å². The zero-order valence-corrected chi connectivity index (χ0v) is 19.7. The molecule has 2 N–H and O–H groups in total. The summed E-state index contributed by atoms with van der Waals surface area (Å²) in [6.45, 7) is 8.25. The van der Waals surface area contributed by atoms with Crippen molar-refractivity contribution in [3.05, 3.63) is 63.3 Å². The first-order valence-corrected chi connectivity index (χ1v) is 10.3. The monoisotopic (exact) mass is 478 g/mol. The molecule has 0 spiro atoms. The molecule has 0 radical (unpaired) electrons. The summed E-state index contributed by atoms with van der Waals surface area (Å²) in [5.74, 6) is -0.768. The number of hydrogen-bond donors (Lipinski definition) is 3. The molecule has 0 saturated heterocycles. The number of carbonyl (C=O) groups excluding carboxylic acids is 1. The molecule has 2 aromatic carbocycles. The van der Waals surface area contributed by atoms with Crippen LogP contribution in [0.25, 0.3) is 0 Å². The molecule has 0 atom stereocenters. The SMILES string of the molecule is CC.CCC.CNS.O=C(Cc1cc(Br)c(Cl)cc1F)Nc1ccccc1. The molecule has 0 bridgehead atoms. The third-order valence-electron chi connectivity index (χ3n) is 2.50. The predicted octanol–water partition coefficient (Wildman–Crippen LogP) is 6.92. The largest absolute Gasteiger partial charge is 0.326 e. The van der Waals surface area contributed by atoms with Crippen molar-refractivity contribution in [3.8, 4) is 0 Å². The number of carbonyl (C=O) groups is 1. The maximum Gasteiger partial charge on any atom is 0.228 e. The van der Waals surface area contributed by atoms with Gasteiger partial charge in [-0.25, -0.2) is 4.39 Å². The maximum absolute atomic E-state index is 13.6. The fourth-order valence-electron chi connectivity index (χ4n) is 1.60. The molecule has 0 aromatic heterocycles. The summed E-state index contributed by atoms with van der Waals surface area (Å²) in [4.78, 5) is 11.8. The highest BCUT2D eigenvalue weighted by Crippen LogP contribution is 2.26. The van der Waals surface area contributed by atoms with Gasteiger partial charge < -0.3 is 5.32 Å². The Morgan fingerprint density at radius 2 is 1.67 bits per heavy atom. The molecule has 0 saturated carbocycles. The summed E-state index contributed by atoms with van der Waals surface area (Å²) in [6.07, 6.45) is 1.20. The lowest BCUT2D eigenvalue weighted by molar-refractivity contribution is -0.115. The number of nitrogens with one attached hydrogen (secondary N) is 2. The molecule has 0 unspecified atom stereocenters. The fourth-order valence-corrected chi connectivity index (χ4v) is 2.14. The maximum atomic E-state index is 13.6. The summed E-state index contributed by atoms with van der Waals surface area (Å²) < 4.78 is 16.7. The van der Waals surface area contributed by atoms with Crippen LogP contribution in [0.1, 0.15) is 39.7 Å². The van der Waals surface area contributed by atoms with Gasteiger partial charge in [0.15, 0.2) is 0 Å². The van der Waals surface area contributed by atoms with Crippen LogP contribution < -0.4 is 10.0 Å². The van der Waals surface area contributed by atoms with Crippen molar-refractivity contribution >= 4 is 51.9 Å². The van der Waals surface area contributed by atoms with E-state index in [0.29, 0.717) is 15.7 Å². The van der Waals surface area contributed by atoms with Crippen LogP contribution in [0.2, 0.25) is 5.02 Å². The van der Waals surface area contributed by atoms with Gasteiger partial charge in [-0.1, -0.05) is 76.7 Å². The van der Waals surface area contributed by atoms with E-state index in [9.17, 15) is 9.18 Å². The lowest BCUT2D eigenvalue weighted by Gasteiger charge is -2.07. The normalized spacial score (nSPS) is 8.78. The summed E-state index contributed by atoms with van der Waals surface area (Å²) in [5.41, 5.74) is 0.977. The predicted molar refractivity (Wildman–Crippen MR) is 123 cm³/mol. The quantitative estimate of drug-likeness (QED) is 0.330. The van der Waals surface area contributed by atoms with E-state index in [0.717, 1.165) is 0 Å². The van der Waals surface area contributed by atoms with Crippen LogP contribution in [0.5, 0.6) is 0 Å². The van der Waals surface area contributed by atoms with Gasteiger partial charge in [0.2, 0.25) is 5.91 Å². The fraction of sp³-hybridized carbons (Fsp3) is 0.350. The topological polar surface area (TPSA) is 41.1 Å². The number of hydrogen-bond acceptors (Lipinski definition) is 3. The lowest BCUT2D eigenvalue weighted by atomic mass is 10.1. The van der Waals surface area contributed by atoms with Crippen molar-refractivity contribution in [1.82, 2.24) is 4.72 Å². The number of rotatable bonds is 3. The Morgan fingerprint density at radius 1 is 1.19 bits per heavy atom. The van der Waals surface area contributed by atoms with Gasteiger partial charge in [0.05, 0.1) is 11.4 Å². The Balaban J connectivity index is 0. The van der Waals surface area contributed by atoms with Crippen molar-refractivity contribution in [2.45, 2.75) is 40.5 Å². The number of benzene rings is 2. The van der Waals surface area contributed by atoms with Gasteiger partial charge in [-0.3, -0.25) is 9.52 Å². The van der Waals surface area contributed by atoms with Crippen LogP contribution in [0.15, 0.2) is 46.9 Å². The van der Waals surface area contributed by atoms with E-state index in [2.05, 4.69) is 52.6 Å². The van der Waals surface area contributed by atoms with Crippen LogP contribution in [0, 0.1) is 5.82 Å². The van der Waals surface area contributed by atoms with Crippen molar-refractivity contribution in [2.24, 2.45) is 0 Å². The van der Waals surface area contributed by atoms with Gasteiger partial charge in [0.25, 0.3) is 0 Å². The molecule has 0 heterocycles. The van der Waals surface area contributed by atoms with Crippen LogP contribution >= 0.6 is 40.3 Å².